The second-order valence-electron chi connectivity index (χ2n) is 2.65. The summed E-state index contributed by atoms with van der Waals surface area (Å²) in [6, 6.07) is 0. The molecule has 4 nitrogen and oxygen atoms in total. The molecule has 74 valence electrons. The van der Waals surface area contributed by atoms with Crippen LogP contribution in [0.25, 0.3) is 0 Å². The van der Waals surface area contributed by atoms with Crippen LogP contribution in [0.15, 0.2) is 0 Å². The highest BCUT2D eigenvalue weighted by atomic mass is 16.5. The summed E-state index contributed by atoms with van der Waals surface area (Å²) >= 11 is 0. The van der Waals surface area contributed by atoms with Gasteiger partial charge in [0.1, 0.15) is 0 Å². The number of ether oxygens (including phenoxy) is 2. The van der Waals surface area contributed by atoms with Gasteiger partial charge in [-0.1, -0.05) is 0 Å². The van der Waals surface area contributed by atoms with Gasteiger partial charge in [-0.3, -0.25) is 0 Å². The van der Waals surface area contributed by atoms with E-state index in [0.717, 1.165) is 0 Å². The van der Waals surface area contributed by atoms with Crippen molar-refractivity contribution in [2.75, 3.05) is 33.0 Å². The normalized spacial score (nSPS) is 13.2. The van der Waals surface area contributed by atoms with E-state index in [0.29, 0.717) is 39.4 Å². The van der Waals surface area contributed by atoms with Gasteiger partial charge < -0.3 is 20.3 Å². The second-order valence-corrected chi connectivity index (χ2v) is 2.65. The Morgan fingerprint density at radius 3 is 2.25 bits per heavy atom. The zero-order valence-corrected chi connectivity index (χ0v) is 7.66. The van der Waals surface area contributed by atoms with Crippen LogP contribution < -0.4 is 5.73 Å². The van der Waals surface area contributed by atoms with Crippen molar-refractivity contribution >= 4 is 0 Å². The quantitative estimate of drug-likeness (QED) is 0.502. The summed E-state index contributed by atoms with van der Waals surface area (Å²) in [4.78, 5) is 0. The second kappa shape index (κ2) is 8.93. The minimum absolute atomic E-state index is 0.282. The number of nitrogens with two attached hydrogens (primary N) is 1. The van der Waals surface area contributed by atoms with E-state index in [1.165, 1.54) is 0 Å². The molecule has 0 aromatic heterocycles. The molecule has 0 rings (SSSR count). The predicted molar refractivity (Wildman–Crippen MR) is 47.0 cm³/mol. The summed E-state index contributed by atoms with van der Waals surface area (Å²) in [7, 11) is 0. The molecular weight excluding hydrogens is 158 g/mol. The van der Waals surface area contributed by atoms with Gasteiger partial charge in [0.15, 0.2) is 0 Å². The summed E-state index contributed by atoms with van der Waals surface area (Å²) in [5, 5.41) is 8.87. The SMILES string of the molecule is CC(O)CCOCCOCCN. The fourth-order valence-electron chi connectivity index (χ4n) is 0.659. The van der Waals surface area contributed by atoms with E-state index in [1.807, 2.05) is 0 Å². The smallest absolute Gasteiger partial charge is 0.0701 e. The maximum atomic E-state index is 8.87. The van der Waals surface area contributed by atoms with Gasteiger partial charge in [-0.2, -0.15) is 0 Å². The zero-order chi connectivity index (χ0) is 9.23. The Labute approximate surface area is 73.7 Å². The van der Waals surface area contributed by atoms with Gasteiger partial charge in [0.2, 0.25) is 0 Å². The summed E-state index contributed by atoms with van der Waals surface area (Å²) in [6.07, 6.45) is 0.395. The maximum Gasteiger partial charge on any atom is 0.0701 e. The van der Waals surface area contributed by atoms with Gasteiger partial charge in [-0.25, -0.2) is 0 Å². The summed E-state index contributed by atoms with van der Waals surface area (Å²) in [6.45, 7) is 4.62. The lowest BCUT2D eigenvalue weighted by Gasteiger charge is -2.05. The fourth-order valence-corrected chi connectivity index (χ4v) is 0.659. The molecule has 12 heavy (non-hydrogen) atoms. The van der Waals surface area contributed by atoms with Gasteiger partial charge in [-0.15, -0.1) is 0 Å². The van der Waals surface area contributed by atoms with Crippen LogP contribution >= 0.6 is 0 Å². The fraction of sp³-hybridized carbons (Fsp3) is 1.00. The molecule has 1 unspecified atom stereocenters. The van der Waals surface area contributed by atoms with Crippen LogP contribution in [0.2, 0.25) is 0 Å². The van der Waals surface area contributed by atoms with E-state index < -0.39 is 0 Å². The average Bonchev–Trinajstić information content (AvgIpc) is 2.02. The standard InChI is InChI=1S/C8H19NO3/c1-8(10)2-4-11-6-7-12-5-3-9/h8,10H,2-7,9H2,1H3. The molecule has 4 heteroatoms. The Balaban J connectivity index is 2.82. The number of aliphatic hydroxyl groups is 1. The first-order valence-corrected chi connectivity index (χ1v) is 4.31. The first-order valence-electron chi connectivity index (χ1n) is 4.31. The van der Waals surface area contributed by atoms with Gasteiger partial charge in [0, 0.05) is 13.2 Å². The molecule has 0 aliphatic rings. The molecule has 0 amide bonds. The van der Waals surface area contributed by atoms with Crippen molar-refractivity contribution in [2.45, 2.75) is 19.4 Å². The first kappa shape index (κ1) is 11.8. The van der Waals surface area contributed by atoms with E-state index in [1.54, 1.807) is 6.92 Å². The average molecular weight is 177 g/mol. The highest BCUT2D eigenvalue weighted by Gasteiger charge is 1.94. The molecule has 0 heterocycles. The van der Waals surface area contributed by atoms with Crippen molar-refractivity contribution in [1.82, 2.24) is 0 Å². The van der Waals surface area contributed by atoms with E-state index in [4.69, 9.17) is 20.3 Å². The van der Waals surface area contributed by atoms with Gasteiger partial charge in [0.05, 0.1) is 25.9 Å². The van der Waals surface area contributed by atoms with Crippen LogP contribution in [-0.2, 0) is 9.47 Å². The van der Waals surface area contributed by atoms with Gasteiger partial charge in [-0.05, 0) is 13.3 Å². The lowest BCUT2D eigenvalue weighted by molar-refractivity contribution is 0.0370. The maximum absolute atomic E-state index is 8.87. The lowest BCUT2D eigenvalue weighted by atomic mass is 10.3. The van der Waals surface area contributed by atoms with Crippen molar-refractivity contribution in [1.29, 1.82) is 0 Å². The van der Waals surface area contributed by atoms with Crippen molar-refractivity contribution in [3.05, 3.63) is 0 Å². The van der Waals surface area contributed by atoms with E-state index in [-0.39, 0.29) is 6.10 Å². The Morgan fingerprint density at radius 2 is 1.75 bits per heavy atom. The minimum Gasteiger partial charge on any atom is -0.393 e. The topological polar surface area (TPSA) is 64.7 Å². The highest BCUT2D eigenvalue weighted by Crippen LogP contribution is 1.89. The van der Waals surface area contributed by atoms with E-state index >= 15 is 0 Å². The van der Waals surface area contributed by atoms with Crippen LogP contribution in [0.3, 0.4) is 0 Å². The zero-order valence-electron chi connectivity index (χ0n) is 7.66. The third kappa shape index (κ3) is 9.84. The third-order valence-electron chi connectivity index (χ3n) is 1.31. The van der Waals surface area contributed by atoms with Crippen LogP contribution in [0.4, 0.5) is 0 Å². The summed E-state index contributed by atoms with van der Waals surface area (Å²) in [5.41, 5.74) is 5.21. The Kier molecular flexibility index (Phi) is 8.81. The Morgan fingerprint density at radius 1 is 1.17 bits per heavy atom. The lowest BCUT2D eigenvalue weighted by Crippen LogP contribution is -2.13. The third-order valence-corrected chi connectivity index (χ3v) is 1.31. The van der Waals surface area contributed by atoms with Crippen LogP contribution in [0.1, 0.15) is 13.3 Å². The first-order chi connectivity index (χ1) is 5.77. The van der Waals surface area contributed by atoms with E-state index in [9.17, 15) is 0 Å². The molecule has 0 aliphatic heterocycles. The molecular formula is C8H19NO3. The van der Waals surface area contributed by atoms with Crippen LogP contribution in [-0.4, -0.2) is 44.2 Å². The molecule has 0 spiro atoms. The molecule has 0 aromatic rings. The van der Waals surface area contributed by atoms with Crippen molar-refractivity contribution in [3.8, 4) is 0 Å². The van der Waals surface area contributed by atoms with E-state index in [2.05, 4.69) is 0 Å². The predicted octanol–water partition coefficient (Wildman–Crippen LogP) is -0.251. The Hall–Kier alpha value is -0.160. The van der Waals surface area contributed by atoms with Gasteiger partial charge in [0.25, 0.3) is 0 Å². The van der Waals surface area contributed by atoms with Crippen molar-refractivity contribution in [2.24, 2.45) is 5.73 Å². The molecule has 0 radical (unpaired) electrons. The molecule has 0 aliphatic carbocycles. The number of rotatable bonds is 8. The summed E-state index contributed by atoms with van der Waals surface area (Å²) < 4.78 is 10.2. The molecule has 0 bridgehead atoms. The van der Waals surface area contributed by atoms with Gasteiger partial charge >= 0.3 is 0 Å². The molecule has 0 fully saturated rings. The molecule has 0 aromatic carbocycles. The minimum atomic E-state index is -0.282. The molecule has 0 saturated heterocycles. The van der Waals surface area contributed by atoms with Crippen molar-refractivity contribution in [3.63, 3.8) is 0 Å². The molecule has 1 atom stereocenters. The van der Waals surface area contributed by atoms with Crippen LogP contribution in [0, 0.1) is 0 Å². The highest BCUT2D eigenvalue weighted by molar-refractivity contribution is 4.44. The number of hydrogen-bond acceptors (Lipinski definition) is 4. The molecule has 3 N–H and O–H groups in total. The van der Waals surface area contributed by atoms with Crippen LogP contribution in [0.5, 0.6) is 0 Å². The largest absolute Gasteiger partial charge is 0.393 e. The Bertz CT molecular complexity index is 88.4. The number of aliphatic hydroxyl groups excluding tert-OH is 1. The summed E-state index contributed by atoms with van der Waals surface area (Å²) in [5.74, 6) is 0. The molecule has 0 saturated carbocycles. The number of hydrogen-bond donors (Lipinski definition) is 2. The van der Waals surface area contributed by atoms with Crippen molar-refractivity contribution < 1.29 is 14.6 Å². The monoisotopic (exact) mass is 177 g/mol.